The van der Waals surface area contributed by atoms with Crippen LogP contribution in [0.5, 0.6) is 5.75 Å². The molecule has 180 valence electrons. The Labute approximate surface area is 200 Å². The van der Waals surface area contributed by atoms with Crippen LogP contribution in [0, 0.1) is 12.3 Å². The number of rotatable bonds is 5. The first-order chi connectivity index (χ1) is 15.6. The molecule has 0 saturated carbocycles. The van der Waals surface area contributed by atoms with Crippen molar-refractivity contribution < 1.29 is 22.7 Å². The lowest BCUT2D eigenvalue weighted by Crippen LogP contribution is -2.45. The normalized spacial score (nSPS) is 19.8. The third-order valence-corrected chi connectivity index (χ3v) is 7.65. The van der Waals surface area contributed by atoms with Crippen molar-refractivity contribution >= 4 is 35.2 Å². The maximum Gasteiger partial charge on any atom is 0.436 e. The quantitative estimate of drug-likeness (QED) is 0.522. The van der Waals surface area contributed by atoms with Crippen LogP contribution in [0.3, 0.4) is 0 Å². The van der Waals surface area contributed by atoms with E-state index in [1.54, 1.807) is 7.11 Å². The van der Waals surface area contributed by atoms with Gasteiger partial charge in [0.05, 0.1) is 22.8 Å². The molecule has 1 aromatic heterocycles. The lowest BCUT2D eigenvalue weighted by Gasteiger charge is -2.41. The molecule has 3 heterocycles. The van der Waals surface area contributed by atoms with Crippen molar-refractivity contribution in [3.63, 3.8) is 0 Å². The van der Waals surface area contributed by atoms with Crippen LogP contribution in [-0.2, 0) is 11.0 Å². The van der Waals surface area contributed by atoms with Gasteiger partial charge in [-0.3, -0.25) is 9.69 Å². The molecule has 0 bridgehead atoms. The minimum Gasteiger partial charge on any atom is -0.495 e. The van der Waals surface area contributed by atoms with Gasteiger partial charge in [-0.1, -0.05) is 23.2 Å². The summed E-state index contributed by atoms with van der Waals surface area (Å²) in [7, 11) is 1.59. The predicted molar refractivity (Wildman–Crippen MR) is 120 cm³/mol. The molecule has 2 aliphatic heterocycles. The van der Waals surface area contributed by atoms with Crippen LogP contribution in [0.25, 0.3) is 0 Å². The van der Waals surface area contributed by atoms with Gasteiger partial charge in [-0.2, -0.15) is 18.3 Å². The second-order valence-electron chi connectivity index (χ2n) is 8.77. The Morgan fingerprint density at radius 1 is 1.18 bits per heavy atom. The van der Waals surface area contributed by atoms with Gasteiger partial charge >= 0.3 is 6.18 Å². The fourth-order valence-corrected chi connectivity index (χ4v) is 5.33. The van der Waals surface area contributed by atoms with E-state index in [-0.39, 0.29) is 11.1 Å². The van der Waals surface area contributed by atoms with E-state index < -0.39 is 23.1 Å². The van der Waals surface area contributed by atoms with E-state index in [4.69, 9.17) is 27.9 Å². The number of methoxy groups -OCH3 is 1. The molecule has 0 amide bonds. The number of benzene rings is 1. The van der Waals surface area contributed by atoms with Gasteiger partial charge in [-0.25, -0.2) is 4.68 Å². The summed E-state index contributed by atoms with van der Waals surface area (Å²) in [5.74, 6) is 0.630. The number of alkyl halides is 3. The third kappa shape index (κ3) is 4.55. The van der Waals surface area contributed by atoms with Crippen LogP contribution in [0.1, 0.15) is 36.8 Å². The molecule has 1 atom stereocenters. The minimum atomic E-state index is -4.68. The average molecular weight is 505 g/mol. The van der Waals surface area contributed by atoms with Gasteiger partial charge in [0, 0.05) is 37.9 Å². The van der Waals surface area contributed by atoms with E-state index in [2.05, 4.69) is 10.00 Å². The molecule has 0 radical (unpaired) electrons. The molecular weight excluding hydrogens is 480 g/mol. The van der Waals surface area contributed by atoms with E-state index in [0.717, 1.165) is 42.7 Å². The summed E-state index contributed by atoms with van der Waals surface area (Å²) < 4.78 is 46.1. The first-order valence-electron chi connectivity index (χ1n) is 10.7. The summed E-state index contributed by atoms with van der Waals surface area (Å²) in [6.45, 7) is 4.37. The molecule has 33 heavy (non-hydrogen) atoms. The number of hydrogen-bond acceptors (Lipinski definition) is 5. The Morgan fingerprint density at radius 2 is 1.85 bits per heavy atom. The van der Waals surface area contributed by atoms with Crippen LogP contribution in [-0.4, -0.2) is 54.3 Å². The summed E-state index contributed by atoms with van der Waals surface area (Å²) in [6.07, 6.45) is -2.30. The molecule has 4 rings (SSSR count). The largest absolute Gasteiger partial charge is 0.495 e. The highest BCUT2D eigenvalue weighted by Crippen LogP contribution is 2.44. The zero-order valence-electron chi connectivity index (χ0n) is 18.3. The summed E-state index contributed by atoms with van der Waals surface area (Å²) in [5, 5.41) is 3.74. The van der Waals surface area contributed by atoms with Gasteiger partial charge in [0.15, 0.2) is 18.1 Å². The molecule has 2 fully saturated rings. The van der Waals surface area contributed by atoms with E-state index in [0.29, 0.717) is 30.1 Å². The van der Waals surface area contributed by atoms with Gasteiger partial charge in [0.25, 0.3) is 0 Å². The summed E-state index contributed by atoms with van der Waals surface area (Å²) >= 11 is 12.0. The summed E-state index contributed by atoms with van der Waals surface area (Å²) in [6, 6.07) is 5.73. The maximum absolute atomic E-state index is 13.2. The molecule has 1 aromatic carbocycles. The zero-order valence-corrected chi connectivity index (χ0v) is 19.8. The van der Waals surface area contributed by atoms with Crippen LogP contribution in [0.2, 0.25) is 10.0 Å². The zero-order chi connectivity index (χ0) is 24.0. The number of piperidine rings is 1. The molecule has 1 unspecified atom stereocenters. The lowest BCUT2D eigenvalue weighted by molar-refractivity contribution is -0.142. The summed E-state index contributed by atoms with van der Waals surface area (Å²) in [5.41, 5.74) is 0.102. The molecule has 1 spiro atoms. The molecule has 2 aliphatic rings. The Balaban J connectivity index is 1.46. The van der Waals surface area contributed by atoms with Gasteiger partial charge in [0.2, 0.25) is 0 Å². The molecule has 2 saturated heterocycles. The second kappa shape index (κ2) is 9.00. The van der Waals surface area contributed by atoms with E-state index >= 15 is 0 Å². The van der Waals surface area contributed by atoms with Crippen molar-refractivity contribution in [2.24, 2.45) is 5.41 Å². The highest BCUT2D eigenvalue weighted by Gasteiger charge is 2.43. The van der Waals surface area contributed by atoms with E-state index in [9.17, 15) is 18.0 Å². The average Bonchev–Trinajstić information content (AvgIpc) is 3.32. The molecule has 0 aliphatic carbocycles. The fourth-order valence-electron chi connectivity index (χ4n) is 4.91. The topological polar surface area (TPSA) is 50.6 Å². The third-order valence-electron chi connectivity index (χ3n) is 6.89. The van der Waals surface area contributed by atoms with Crippen molar-refractivity contribution in [3.8, 4) is 5.75 Å². The first-order valence-corrected chi connectivity index (χ1v) is 11.4. The molecule has 11 heteroatoms. The first kappa shape index (κ1) is 24.2. The number of likely N-dealkylation sites (tertiary alicyclic amines) is 1. The molecule has 0 N–H and O–H groups in total. The predicted octanol–water partition coefficient (Wildman–Crippen LogP) is 5.22. The van der Waals surface area contributed by atoms with Crippen molar-refractivity contribution in [1.82, 2.24) is 14.7 Å². The number of carbonyl (C=O) groups excluding carboxylic acids is 1. The van der Waals surface area contributed by atoms with Gasteiger partial charge in [-0.15, -0.1) is 0 Å². The summed E-state index contributed by atoms with van der Waals surface area (Å²) in [4.78, 5) is 16.1. The number of anilines is 1. The number of hydrogen-bond donors (Lipinski definition) is 0. The number of ether oxygens (including phenoxy) is 1. The second-order valence-corrected chi connectivity index (χ2v) is 9.55. The number of carbonyl (C=O) groups is 1. The van der Waals surface area contributed by atoms with Crippen molar-refractivity contribution in [2.75, 3.05) is 38.2 Å². The van der Waals surface area contributed by atoms with Crippen LogP contribution < -0.4 is 9.64 Å². The molecular formula is C22H25Cl2F3N4O2. The monoisotopic (exact) mass is 504 g/mol. The number of halogens is 5. The van der Waals surface area contributed by atoms with Crippen molar-refractivity contribution in [3.05, 3.63) is 39.6 Å². The Bertz CT molecular complexity index is 1040. The molecule has 2 aromatic rings. The van der Waals surface area contributed by atoms with Crippen LogP contribution in [0.4, 0.5) is 18.9 Å². The molecule has 6 nitrogen and oxygen atoms in total. The van der Waals surface area contributed by atoms with Crippen LogP contribution in [0.15, 0.2) is 18.2 Å². The van der Waals surface area contributed by atoms with E-state index in [1.165, 1.54) is 6.92 Å². The van der Waals surface area contributed by atoms with E-state index in [1.807, 2.05) is 23.1 Å². The minimum absolute atomic E-state index is 0.0880. The van der Waals surface area contributed by atoms with Crippen molar-refractivity contribution in [2.45, 2.75) is 38.5 Å². The maximum atomic E-state index is 13.2. The standard InChI is InChI=1S/C22H25Cl2F3N4O2/c1-14-19(24)20(22(25,26)27)28-31(14)18(12-32)29-8-5-21(6-9-29)7-10-30(13-21)15-3-4-16(23)17(11-15)33-2/h3-4,11-12,18H,5-10,13H2,1-2H3. The highest BCUT2D eigenvalue weighted by molar-refractivity contribution is 6.32. The lowest BCUT2D eigenvalue weighted by atomic mass is 9.77. The number of aromatic nitrogens is 2. The van der Waals surface area contributed by atoms with Crippen molar-refractivity contribution in [1.29, 1.82) is 0 Å². The Kier molecular flexibility index (Phi) is 6.59. The highest BCUT2D eigenvalue weighted by atomic mass is 35.5. The van der Waals surface area contributed by atoms with Gasteiger partial charge in [-0.05, 0) is 43.7 Å². The smallest absolute Gasteiger partial charge is 0.436 e. The number of aldehydes is 1. The van der Waals surface area contributed by atoms with Gasteiger partial charge in [0.1, 0.15) is 5.75 Å². The SMILES string of the molecule is COc1cc(N2CCC3(CCN(C(C=O)n4nc(C(F)(F)F)c(Cl)c4C)CC3)C2)ccc1Cl. The fraction of sp³-hybridized carbons (Fsp3) is 0.545. The number of nitrogens with zero attached hydrogens (tertiary/aromatic N) is 4. The van der Waals surface area contributed by atoms with Crippen LogP contribution >= 0.6 is 23.2 Å². The Morgan fingerprint density at radius 3 is 2.42 bits per heavy atom. The Hall–Kier alpha value is -1.97. The van der Waals surface area contributed by atoms with Gasteiger partial charge < -0.3 is 9.64 Å².